The maximum Gasteiger partial charge on any atom is 0.129 e. The van der Waals surface area contributed by atoms with E-state index in [9.17, 15) is 9.50 Å². The first-order chi connectivity index (χ1) is 8.61. The van der Waals surface area contributed by atoms with Gasteiger partial charge in [0.05, 0.1) is 0 Å². The molecule has 0 atom stereocenters. The Morgan fingerprint density at radius 2 is 1.89 bits per heavy atom. The van der Waals surface area contributed by atoms with E-state index in [2.05, 4.69) is 0 Å². The van der Waals surface area contributed by atoms with Crippen LogP contribution in [-0.4, -0.2) is 12.2 Å². The van der Waals surface area contributed by atoms with E-state index in [1.807, 2.05) is 13.1 Å². The molecule has 0 saturated heterocycles. The Bertz CT molecular complexity index is 557. The number of anilines is 2. The Morgan fingerprint density at radius 1 is 1.17 bits per heavy atom. The highest BCUT2D eigenvalue weighted by Crippen LogP contribution is 2.27. The molecular formula is C14H15FN2O. The Labute approximate surface area is 105 Å². The van der Waals surface area contributed by atoms with Gasteiger partial charge in [0.2, 0.25) is 0 Å². The topological polar surface area (TPSA) is 49.5 Å². The van der Waals surface area contributed by atoms with Crippen molar-refractivity contribution in [3.63, 3.8) is 0 Å². The summed E-state index contributed by atoms with van der Waals surface area (Å²) in [6.07, 6.45) is 0. The zero-order valence-electron chi connectivity index (χ0n) is 10.1. The van der Waals surface area contributed by atoms with E-state index >= 15 is 0 Å². The molecule has 0 bridgehead atoms. The molecule has 0 fully saturated rings. The van der Waals surface area contributed by atoms with E-state index in [4.69, 9.17) is 5.73 Å². The van der Waals surface area contributed by atoms with Gasteiger partial charge in [0.15, 0.2) is 0 Å². The second-order valence-electron chi connectivity index (χ2n) is 4.06. The SMILES string of the molecule is CN(c1cccc(O)c1)c1ccc(CN)c(F)c1. The Hall–Kier alpha value is -2.07. The number of phenolic OH excluding ortho intramolecular Hbond substituents is 1. The van der Waals surface area contributed by atoms with Crippen LogP contribution in [0.15, 0.2) is 42.5 Å². The van der Waals surface area contributed by atoms with Crippen LogP contribution in [0.4, 0.5) is 15.8 Å². The van der Waals surface area contributed by atoms with Crippen molar-refractivity contribution in [2.75, 3.05) is 11.9 Å². The van der Waals surface area contributed by atoms with Crippen LogP contribution in [-0.2, 0) is 6.54 Å². The van der Waals surface area contributed by atoms with Crippen LogP contribution in [0.2, 0.25) is 0 Å². The summed E-state index contributed by atoms with van der Waals surface area (Å²) < 4.78 is 13.6. The third-order valence-corrected chi connectivity index (χ3v) is 2.86. The number of halogens is 1. The summed E-state index contributed by atoms with van der Waals surface area (Å²) in [6.45, 7) is 0.182. The van der Waals surface area contributed by atoms with Gasteiger partial charge in [-0.3, -0.25) is 0 Å². The van der Waals surface area contributed by atoms with Gasteiger partial charge in [-0.25, -0.2) is 4.39 Å². The van der Waals surface area contributed by atoms with Crippen LogP contribution >= 0.6 is 0 Å². The van der Waals surface area contributed by atoms with Crippen molar-refractivity contribution in [3.8, 4) is 5.75 Å². The zero-order valence-corrected chi connectivity index (χ0v) is 10.1. The average molecular weight is 246 g/mol. The minimum Gasteiger partial charge on any atom is -0.508 e. The highest BCUT2D eigenvalue weighted by molar-refractivity contribution is 5.64. The molecule has 18 heavy (non-hydrogen) atoms. The lowest BCUT2D eigenvalue weighted by molar-refractivity contribution is 0.475. The number of nitrogens with zero attached hydrogens (tertiary/aromatic N) is 1. The molecule has 0 aromatic heterocycles. The third-order valence-electron chi connectivity index (χ3n) is 2.86. The monoisotopic (exact) mass is 246 g/mol. The summed E-state index contributed by atoms with van der Waals surface area (Å²) in [5, 5.41) is 9.43. The molecule has 0 saturated carbocycles. The Balaban J connectivity index is 2.34. The Morgan fingerprint density at radius 3 is 2.50 bits per heavy atom. The molecule has 0 amide bonds. The lowest BCUT2D eigenvalue weighted by Crippen LogP contribution is -2.10. The lowest BCUT2D eigenvalue weighted by atomic mass is 10.1. The van der Waals surface area contributed by atoms with Crippen molar-refractivity contribution < 1.29 is 9.50 Å². The predicted molar refractivity (Wildman–Crippen MR) is 70.5 cm³/mol. The van der Waals surface area contributed by atoms with E-state index in [1.54, 1.807) is 35.2 Å². The smallest absolute Gasteiger partial charge is 0.129 e. The number of aromatic hydroxyl groups is 1. The molecule has 2 aromatic carbocycles. The molecule has 94 valence electrons. The summed E-state index contributed by atoms with van der Waals surface area (Å²) in [4.78, 5) is 1.79. The number of nitrogens with two attached hydrogens (primary N) is 1. The Kier molecular flexibility index (Phi) is 3.48. The maximum absolute atomic E-state index is 13.6. The molecule has 0 radical (unpaired) electrons. The molecule has 2 rings (SSSR count). The second-order valence-corrected chi connectivity index (χ2v) is 4.06. The molecule has 3 N–H and O–H groups in total. The predicted octanol–water partition coefficient (Wildman–Crippen LogP) is 2.76. The van der Waals surface area contributed by atoms with Gasteiger partial charge in [0.25, 0.3) is 0 Å². The first-order valence-electron chi connectivity index (χ1n) is 5.63. The van der Waals surface area contributed by atoms with Gasteiger partial charge in [-0.1, -0.05) is 12.1 Å². The third kappa shape index (κ3) is 2.43. The maximum atomic E-state index is 13.6. The van der Waals surface area contributed by atoms with Gasteiger partial charge < -0.3 is 15.7 Å². The van der Waals surface area contributed by atoms with Crippen LogP contribution in [0.25, 0.3) is 0 Å². The molecule has 0 aliphatic rings. The van der Waals surface area contributed by atoms with E-state index in [0.29, 0.717) is 11.3 Å². The van der Waals surface area contributed by atoms with Crippen molar-refractivity contribution in [2.24, 2.45) is 5.73 Å². The fourth-order valence-corrected chi connectivity index (χ4v) is 1.76. The first kappa shape index (κ1) is 12.4. The lowest BCUT2D eigenvalue weighted by Gasteiger charge is -2.20. The van der Waals surface area contributed by atoms with Gasteiger partial charge in [0, 0.05) is 36.6 Å². The number of rotatable bonds is 3. The molecular weight excluding hydrogens is 231 g/mol. The number of hydrogen-bond donors (Lipinski definition) is 2. The average Bonchev–Trinajstić information content (AvgIpc) is 2.37. The highest BCUT2D eigenvalue weighted by Gasteiger charge is 2.08. The number of benzene rings is 2. The molecule has 4 heteroatoms. The van der Waals surface area contributed by atoms with Crippen molar-refractivity contribution in [2.45, 2.75) is 6.54 Å². The summed E-state index contributed by atoms with van der Waals surface area (Å²) in [5.74, 6) is -0.139. The second kappa shape index (κ2) is 5.06. The fraction of sp³-hybridized carbons (Fsp3) is 0.143. The van der Waals surface area contributed by atoms with Crippen molar-refractivity contribution >= 4 is 11.4 Å². The standard InChI is InChI=1S/C14H15FN2O/c1-17(11-3-2-4-13(18)7-11)12-6-5-10(9-16)14(15)8-12/h2-8,18H,9,16H2,1H3. The van der Waals surface area contributed by atoms with Crippen molar-refractivity contribution in [1.82, 2.24) is 0 Å². The summed E-state index contributed by atoms with van der Waals surface area (Å²) >= 11 is 0. The van der Waals surface area contributed by atoms with Crippen LogP contribution in [0.1, 0.15) is 5.56 Å². The highest BCUT2D eigenvalue weighted by atomic mass is 19.1. The van der Waals surface area contributed by atoms with Crippen molar-refractivity contribution in [3.05, 3.63) is 53.8 Å². The number of hydrogen-bond acceptors (Lipinski definition) is 3. The summed E-state index contributed by atoms with van der Waals surface area (Å²) in [7, 11) is 1.81. The molecule has 0 spiro atoms. The minimum absolute atomic E-state index is 0.179. The molecule has 0 unspecified atom stereocenters. The van der Waals surface area contributed by atoms with Crippen molar-refractivity contribution in [1.29, 1.82) is 0 Å². The van der Waals surface area contributed by atoms with E-state index in [-0.39, 0.29) is 18.1 Å². The molecule has 0 aliphatic carbocycles. The number of phenols is 1. The van der Waals surface area contributed by atoms with E-state index in [1.165, 1.54) is 6.07 Å². The fourth-order valence-electron chi connectivity index (χ4n) is 1.76. The normalized spacial score (nSPS) is 10.4. The zero-order chi connectivity index (χ0) is 13.1. The molecule has 2 aromatic rings. The van der Waals surface area contributed by atoms with Gasteiger partial charge in [-0.15, -0.1) is 0 Å². The first-order valence-corrected chi connectivity index (χ1v) is 5.63. The van der Waals surface area contributed by atoms with E-state index in [0.717, 1.165) is 5.69 Å². The van der Waals surface area contributed by atoms with Gasteiger partial charge in [0.1, 0.15) is 11.6 Å². The van der Waals surface area contributed by atoms with Gasteiger partial charge in [-0.05, 0) is 24.3 Å². The molecule has 0 aliphatic heterocycles. The minimum atomic E-state index is -0.318. The van der Waals surface area contributed by atoms with E-state index < -0.39 is 0 Å². The molecule has 0 heterocycles. The van der Waals surface area contributed by atoms with Gasteiger partial charge in [-0.2, -0.15) is 0 Å². The molecule has 3 nitrogen and oxygen atoms in total. The largest absolute Gasteiger partial charge is 0.508 e. The summed E-state index contributed by atoms with van der Waals surface area (Å²) in [6, 6.07) is 11.7. The quantitative estimate of drug-likeness (QED) is 0.875. The van der Waals surface area contributed by atoms with Crippen LogP contribution < -0.4 is 10.6 Å². The van der Waals surface area contributed by atoms with Crippen LogP contribution in [0.5, 0.6) is 5.75 Å². The van der Waals surface area contributed by atoms with Gasteiger partial charge >= 0.3 is 0 Å². The van der Waals surface area contributed by atoms with Crippen LogP contribution in [0, 0.1) is 5.82 Å². The summed E-state index contributed by atoms with van der Waals surface area (Å²) in [5.41, 5.74) is 7.40. The van der Waals surface area contributed by atoms with Crippen LogP contribution in [0.3, 0.4) is 0 Å².